The van der Waals surface area contributed by atoms with Gasteiger partial charge in [-0.15, -0.1) is 11.8 Å². The van der Waals surface area contributed by atoms with E-state index in [0.29, 0.717) is 26.5 Å². The van der Waals surface area contributed by atoms with Crippen molar-refractivity contribution in [2.45, 2.75) is 56.8 Å². The highest BCUT2D eigenvalue weighted by Crippen LogP contribution is 2.37. The minimum absolute atomic E-state index is 0.138. The van der Waals surface area contributed by atoms with Gasteiger partial charge in [0.15, 0.2) is 5.58 Å². The quantitative estimate of drug-likeness (QED) is 0.447. The molecular formula is C17H21BrClFN2O3S. The van der Waals surface area contributed by atoms with Crippen LogP contribution >= 0.6 is 39.3 Å². The van der Waals surface area contributed by atoms with Crippen LogP contribution in [0.25, 0.3) is 11.1 Å². The number of hydrogen-bond acceptors (Lipinski definition) is 5. The Labute approximate surface area is 169 Å². The normalized spacial score (nSPS) is 14.3. The number of pyridine rings is 1. The average molecular weight is 468 g/mol. The molecule has 0 saturated carbocycles. The van der Waals surface area contributed by atoms with Crippen molar-refractivity contribution in [2.24, 2.45) is 0 Å². The number of fused-ring (bicyclic) bond motifs is 1. The largest absolute Gasteiger partial charge is 0.457 e. The number of amides is 1. The van der Waals surface area contributed by atoms with Gasteiger partial charge < -0.3 is 14.5 Å². The van der Waals surface area contributed by atoms with Crippen LogP contribution < -0.4 is 5.32 Å². The van der Waals surface area contributed by atoms with Gasteiger partial charge in [-0.25, -0.2) is 14.2 Å². The molecule has 1 N–H and O–H groups in total. The number of thioether (sulfide) groups is 1. The molecule has 0 aliphatic heterocycles. The van der Waals surface area contributed by atoms with Gasteiger partial charge in [-0.1, -0.05) is 11.6 Å². The molecule has 2 atom stereocenters. The van der Waals surface area contributed by atoms with Crippen molar-refractivity contribution in [3.05, 3.63) is 21.5 Å². The number of alkyl halides is 1. The van der Waals surface area contributed by atoms with Crippen molar-refractivity contribution < 1.29 is 18.3 Å². The molecule has 0 radical (unpaired) electrons. The van der Waals surface area contributed by atoms with Crippen molar-refractivity contribution in [1.29, 1.82) is 0 Å². The minimum Gasteiger partial charge on any atom is -0.457 e. The zero-order valence-corrected chi connectivity index (χ0v) is 18.3. The number of carbonyl (C=O) groups is 1. The summed E-state index contributed by atoms with van der Waals surface area (Å²) in [5.74, 6) is 0.482. The summed E-state index contributed by atoms with van der Waals surface area (Å²) < 4.78 is 25.8. The molecule has 1 amide bonds. The maximum Gasteiger partial charge on any atom is 0.407 e. The first-order chi connectivity index (χ1) is 12.0. The molecule has 0 aliphatic carbocycles. The number of carbonyl (C=O) groups excluding carboxylic acids is 1. The predicted octanol–water partition coefficient (Wildman–Crippen LogP) is 5.76. The molecule has 0 fully saturated rings. The molecular weight excluding hydrogens is 447 g/mol. The Bertz CT molecular complexity index is 807. The van der Waals surface area contributed by atoms with Crippen LogP contribution in [-0.4, -0.2) is 35.1 Å². The van der Waals surface area contributed by atoms with E-state index in [-0.39, 0.29) is 6.42 Å². The van der Waals surface area contributed by atoms with E-state index in [0.717, 1.165) is 4.90 Å². The molecule has 5 nitrogen and oxygen atoms in total. The Balaban J connectivity index is 2.29. The maximum absolute atomic E-state index is 14.1. The summed E-state index contributed by atoms with van der Waals surface area (Å²) in [6.45, 7) is 6.61. The summed E-state index contributed by atoms with van der Waals surface area (Å²) >= 11 is 11.0. The Morgan fingerprint density at radius 3 is 2.73 bits per heavy atom. The highest BCUT2D eigenvalue weighted by Gasteiger charge is 2.27. The zero-order chi connectivity index (χ0) is 19.6. The molecule has 2 rings (SSSR count). The standard InChI is InChI=1S/C17H21BrClFN2O3S/c1-8(20)9(21-16(23)25-17(2,3)4)6-10-13(18)14-15(24-10)11(26-5)7-12(19)22-14/h7-9H,6H2,1-5H3,(H,21,23). The Kier molecular flexibility index (Phi) is 6.85. The lowest BCUT2D eigenvalue weighted by Crippen LogP contribution is -2.44. The SMILES string of the molecule is CSc1cc(Cl)nc2c(Br)c(CC(NC(=O)OC(C)(C)C)C(C)F)oc12. The van der Waals surface area contributed by atoms with Crippen molar-refractivity contribution in [1.82, 2.24) is 10.3 Å². The molecule has 26 heavy (non-hydrogen) atoms. The number of aromatic nitrogens is 1. The lowest BCUT2D eigenvalue weighted by Gasteiger charge is -2.24. The lowest BCUT2D eigenvalue weighted by molar-refractivity contribution is 0.0476. The summed E-state index contributed by atoms with van der Waals surface area (Å²) in [4.78, 5) is 17.1. The molecule has 0 bridgehead atoms. The molecule has 0 aliphatic rings. The van der Waals surface area contributed by atoms with Gasteiger partial charge in [-0.05, 0) is 55.9 Å². The first-order valence-corrected chi connectivity index (χ1v) is 10.4. The van der Waals surface area contributed by atoms with Gasteiger partial charge in [0.2, 0.25) is 0 Å². The fraction of sp³-hybridized carbons (Fsp3) is 0.529. The topological polar surface area (TPSA) is 64.4 Å². The first-order valence-electron chi connectivity index (χ1n) is 7.96. The average Bonchev–Trinajstić information content (AvgIpc) is 2.80. The lowest BCUT2D eigenvalue weighted by atomic mass is 10.1. The number of ether oxygens (including phenoxy) is 1. The van der Waals surface area contributed by atoms with Crippen LogP contribution in [0.5, 0.6) is 0 Å². The van der Waals surface area contributed by atoms with Crippen LogP contribution in [0.2, 0.25) is 5.15 Å². The highest BCUT2D eigenvalue weighted by molar-refractivity contribution is 9.10. The van der Waals surface area contributed by atoms with Crippen LogP contribution in [0, 0.1) is 0 Å². The fourth-order valence-corrected chi connectivity index (χ4v) is 3.62. The van der Waals surface area contributed by atoms with E-state index in [2.05, 4.69) is 26.2 Å². The molecule has 9 heteroatoms. The number of alkyl carbamates (subject to hydrolysis) is 1. The van der Waals surface area contributed by atoms with E-state index < -0.39 is 23.9 Å². The number of hydrogen-bond donors (Lipinski definition) is 1. The van der Waals surface area contributed by atoms with Gasteiger partial charge in [0, 0.05) is 6.42 Å². The van der Waals surface area contributed by atoms with E-state index in [1.54, 1.807) is 26.8 Å². The maximum atomic E-state index is 14.1. The van der Waals surface area contributed by atoms with Crippen molar-refractivity contribution in [3.63, 3.8) is 0 Å². The van der Waals surface area contributed by atoms with E-state index in [1.165, 1.54) is 18.7 Å². The Hall–Kier alpha value is -0.990. The molecule has 2 unspecified atom stereocenters. The molecule has 2 heterocycles. The van der Waals surface area contributed by atoms with Gasteiger partial charge in [-0.3, -0.25) is 0 Å². The summed E-state index contributed by atoms with van der Waals surface area (Å²) in [7, 11) is 0. The van der Waals surface area contributed by atoms with E-state index in [9.17, 15) is 9.18 Å². The van der Waals surface area contributed by atoms with Crippen LogP contribution in [0.15, 0.2) is 19.9 Å². The third-order valence-electron chi connectivity index (χ3n) is 3.47. The van der Waals surface area contributed by atoms with Crippen molar-refractivity contribution in [3.8, 4) is 0 Å². The molecule has 2 aromatic rings. The van der Waals surface area contributed by atoms with Crippen molar-refractivity contribution >= 4 is 56.5 Å². The first kappa shape index (κ1) is 21.3. The van der Waals surface area contributed by atoms with Gasteiger partial charge in [-0.2, -0.15) is 0 Å². The molecule has 2 aromatic heterocycles. The second-order valence-electron chi connectivity index (χ2n) is 6.80. The second kappa shape index (κ2) is 8.35. The zero-order valence-electron chi connectivity index (χ0n) is 15.2. The smallest absolute Gasteiger partial charge is 0.407 e. The summed E-state index contributed by atoms with van der Waals surface area (Å²) in [5.41, 5.74) is 0.480. The number of halogens is 3. The third kappa shape index (κ3) is 5.27. The number of rotatable bonds is 5. The minimum atomic E-state index is -1.31. The van der Waals surface area contributed by atoms with Crippen LogP contribution in [0.4, 0.5) is 9.18 Å². The fourth-order valence-electron chi connectivity index (χ4n) is 2.30. The summed E-state index contributed by atoms with van der Waals surface area (Å²) in [6, 6.07) is 0.901. The summed E-state index contributed by atoms with van der Waals surface area (Å²) in [6.07, 6.45) is 0.0567. The molecule has 0 saturated heterocycles. The van der Waals surface area contributed by atoms with Gasteiger partial charge in [0.25, 0.3) is 0 Å². The molecule has 0 spiro atoms. The van der Waals surface area contributed by atoms with Crippen molar-refractivity contribution in [2.75, 3.05) is 6.26 Å². The van der Waals surface area contributed by atoms with Gasteiger partial charge >= 0.3 is 6.09 Å². The number of nitrogens with zero attached hydrogens (tertiary/aromatic N) is 1. The third-order valence-corrected chi connectivity index (χ3v) is 5.22. The van der Waals surface area contributed by atoms with E-state index in [4.69, 9.17) is 20.8 Å². The Morgan fingerprint density at radius 1 is 1.54 bits per heavy atom. The van der Waals surface area contributed by atoms with E-state index >= 15 is 0 Å². The molecule has 144 valence electrons. The van der Waals surface area contributed by atoms with E-state index in [1.807, 2.05) is 6.26 Å². The number of nitrogens with one attached hydrogen (secondary N) is 1. The van der Waals surface area contributed by atoms with Gasteiger partial charge in [0.05, 0.1) is 15.4 Å². The monoisotopic (exact) mass is 466 g/mol. The molecule has 0 aromatic carbocycles. The van der Waals surface area contributed by atoms with Gasteiger partial charge in [0.1, 0.15) is 28.2 Å². The van der Waals surface area contributed by atoms with Crippen LogP contribution in [0.3, 0.4) is 0 Å². The van der Waals surface area contributed by atoms with Crippen LogP contribution in [-0.2, 0) is 11.2 Å². The second-order valence-corrected chi connectivity index (χ2v) is 8.83. The number of furan rings is 1. The predicted molar refractivity (Wildman–Crippen MR) is 106 cm³/mol. The van der Waals surface area contributed by atoms with Crippen LogP contribution in [0.1, 0.15) is 33.5 Å². The Morgan fingerprint density at radius 2 is 2.19 bits per heavy atom. The highest BCUT2D eigenvalue weighted by atomic mass is 79.9. The summed E-state index contributed by atoms with van der Waals surface area (Å²) in [5, 5.41) is 2.91.